The summed E-state index contributed by atoms with van der Waals surface area (Å²) in [6.07, 6.45) is 10.0. The van der Waals surface area contributed by atoms with Crippen LogP contribution in [0.3, 0.4) is 0 Å². The molecule has 0 amide bonds. The Hall–Kier alpha value is -3.78. The van der Waals surface area contributed by atoms with Crippen molar-refractivity contribution in [3.05, 3.63) is 89.5 Å². The molecule has 0 aromatic heterocycles. The number of anilines is 2. The molecule has 4 rings (SSSR count). The topological polar surface area (TPSA) is 105 Å². The molecule has 1 aliphatic rings. The molecule has 3 aromatic rings. The summed E-state index contributed by atoms with van der Waals surface area (Å²) in [5.41, 5.74) is 14.5. The van der Waals surface area contributed by atoms with E-state index < -0.39 is 11.9 Å². The smallest absolute Gasteiger partial charge is 0.343 e. The zero-order chi connectivity index (χ0) is 30.8. The molecule has 4 N–H and O–H groups in total. The number of ether oxygens (including phenoxy) is 1. The van der Waals surface area contributed by atoms with Crippen molar-refractivity contribution in [3.8, 4) is 5.75 Å². The molecule has 1 saturated carbocycles. The molecule has 3 aromatic carbocycles. The maximum Gasteiger partial charge on any atom is 0.343 e. The van der Waals surface area contributed by atoms with Crippen LogP contribution in [-0.4, -0.2) is 18.6 Å². The van der Waals surface area contributed by atoms with Crippen molar-refractivity contribution in [2.45, 2.75) is 69.6 Å². The van der Waals surface area contributed by atoms with Crippen LogP contribution in [0.25, 0.3) is 6.08 Å². The van der Waals surface area contributed by atoms with Crippen molar-refractivity contribution in [1.82, 2.24) is 0 Å². The minimum atomic E-state index is -0.548. The van der Waals surface area contributed by atoms with Crippen LogP contribution < -0.4 is 16.2 Å². The van der Waals surface area contributed by atoms with Crippen LogP contribution in [-0.2, 0) is 8.98 Å². The Morgan fingerprint density at radius 3 is 2.40 bits per heavy atom. The Bertz CT molecular complexity index is 1410. The van der Waals surface area contributed by atoms with Crippen LogP contribution in [0.1, 0.15) is 86.2 Å². The number of nitrogen functional groups attached to an aromatic ring is 2. The van der Waals surface area contributed by atoms with Gasteiger partial charge in [0.2, 0.25) is 0 Å². The third-order valence-electron chi connectivity index (χ3n) is 8.45. The minimum Gasteiger partial charge on any atom is -0.423 e. The van der Waals surface area contributed by atoms with Crippen LogP contribution in [0.15, 0.2) is 77.7 Å². The SMILES string of the molecule is CCCC1CCCC(c2ccc(C(=O)Oc3ccc(/C=C/C(=O)OSc4ccc(N)cc4N)cc3)cc2)C1(CF)CCC. The number of carbonyl (C=O) groups excluding carboxylic acids is 2. The van der Waals surface area contributed by atoms with E-state index in [2.05, 4.69) is 13.8 Å². The first-order chi connectivity index (χ1) is 20.8. The summed E-state index contributed by atoms with van der Waals surface area (Å²) in [7, 11) is 0. The number of hydrogen-bond acceptors (Lipinski definition) is 7. The average Bonchev–Trinajstić information content (AvgIpc) is 3.01. The minimum absolute atomic E-state index is 0.153. The highest BCUT2D eigenvalue weighted by molar-refractivity contribution is 7.95. The van der Waals surface area contributed by atoms with E-state index in [1.807, 2.05) is 12.1 Å². The van der Waals surface area contributed by atoms with Gasteiger partial charge >= 0.3 is 11.9 Å². The molecular formula is C35H41FN2O4S. The van der Waals surface area contributed by atoms with Gasteiger partial charge in [0.1, 0.15) is 5.75 Å². The number of nitrogens with two attached hydrogens (primary N) is 2. The Morgan fingerprint density at radius 2 is 1.74 bits per heavy atom. The third kappa shape index (κ3) is 7.99. The molecule has 3 unspecified atom stereocenters. The molecule has 3 atom stereocenters. The molecule has 8 heteroatoms. The van der Waals surface area contributed by atoms with Gasteiger partial charge < -0.3 is 20.4 Å². The first-order valence-electron chi connectivity index (χ1n) is 15.0. The zero-order valence-corrected chi connectivity index (χ0v) is 25.7. The number of benzene rings is 3. The lowest BCUT2D eigenvalue weighted by molar-refractivity contribution is -0.127. The van der Waals surface area contributed by atoms with Gasteiger partial charge in [-0.15, -0.1) is 0 Å². The highest BCUT2D eigenvalue weighted by Gasteiger charge is 2.47. The molecule has 43 heavy (non-hydrogen) atoms. The van der Waals surface area contributed by atoms with Crippen molar-refractivity contribution < 1.29 is 22.9 Å². The molecule has 0 spiro atoms. The number of halogens is 1. The van der Waals surface area contributed by atoms with Crippen LogP contribution in [0.2, 0.25) is 0 Å². The quantitative estimate of drug-likeness (QED) is 0.0700. The number of rotatable bonds is 12. The Balaban J connectivity index is 1.34. The second-order valence-corrected chi connectivity index (χ2v) is 12.1. The third-order valence-corrected chi connectivity index (χ3v) is 9.25. The standard InChI is InChI=1S/C35H41FN2O4S/c1-3-6-27-7-5-8-30(35(27,23-36)21-4-2)25-12-14-26(15-13-25)34(40)41-29-17-9-24(10-18-29)11-20-33(39)42-43-32-19-16-28(37)22-31(32)38/h9-20,22,27,30H,3-8,21,23,37-38H2,1-2H3/b20-11+. The van der Waals surface area contributed by atoms with Crippen molar-refractivity contribution >= 4 is 41.4 Å². The van der Waals surface area contributed by atoms with Gasteiger partial charge in [-0.25, -0.2) is 9.59 Å². The Kier molecular flexibility index (Phi) is 11.3. The largest absolute Gasteiger partial charge is 0.423 e. The highest BCUT2D eigenvalue weighted by atomic mass is 32.2. The van der Waals surface area contributed by atoms with Gasteiger partial charge in [0.15, 0.2) is 0 Å². The van der Waals surface area contributed by atoms with E-state index in [1.165, 1.54) is 6.08 Å². The maximum atomic E-state index is 14.8. The molecule has 6 nitrogen and oxygen atoms in total. The van der Waals surface area contributed by atoms with Crippen molar-refractivity contribution in [1.29, 1.82) is 0 Å². The van der Waals surface area contributed by atoms with E-state index in [4.69, 9.17) is 20.4 Å². The molecular weight excluding hydrogens is 563 g/mol. The highest BCUT2D eigenvalue weighted by Crippen LogP contribution is 2.55. The van der Waals surface area contributed by atoms with Crippen molar-refractivity contribution in [2.24, 2.45) is 11.3 Å². The first-order valence-corrected chi connectivity index (χ1v) is 15.7. The number of alkyl halides is 1. The fourth-order valence-corrected chi connectivity index (χ4v) is 6.91. The van der Waals surface area contributed by atoms with Crippen LogP contribution in [0.4, 0.5) is 15.8 Å². The lowest BCUT2D eigenvalue weighted by atomic mass is 9.56. The summed E-state index contributed by atoms with van der Waals surface area (Å²) in [5.74, 6) is -0.0810. The summed E-state index contributed by atoms with van der Waals surface area (Å²) in [4.78, 5) is 25.6. The molecule has 1 aliphatic carbocycles. The molecule has 228 valence electrons. The average molecular weight is 605 g/mol. The van der Waals surface area contributed by atoms with Gasteiger partial charge in [-0.2, -0.15) is 0 Å². The molecule has 1 fully saturated rings. The predicted molar refractivity (Wildman–Crippen MR) is 172 cm³/mol. The maximum absolute atomic E-state index is 14.8. The first kappa shape index (κ1) is 32.1. The van der Waals surface area contributed by atoms with E-state index in [1.54, 1.807) is 60.7 Å². The Labute approximate surface area is 258 Å². The summed E-state index contributed by atoms with van der Waals surface area (Å²) in [6.45, 7) is 4.02. The fraction of sp³-hybridized carbons (Fsp3) is 0.371. The normalized spacial score (nSPS) is 20.2. The molecule has 0 radical (unpaired) electrons. The van der Waals surface area contributed by atoms with Crippen molar-refractivity contribution in [3.63, 3.8) is 0 Å². The van der Waals surface area contributed by atoms with E-state index in [0.717, 1.165) is 68.1 Å². The summed E-state index contributed by atoms with van der Waals surface area (Å²) >= 11 is 0.864. The predicted octanol–water partition coefficient (Wildman–Crippen LogP) is 8.77. The van der Waals surface area contributed by atoms with Gasteiger partial charge in [-0.05, 0) is 90.8 Å². The lowest BCUT2D eigenvalue weighted by Crippen LogP contribution is -2.42. The number of hydrogen-bond donors (Lipinski definition) is 2. The lowest BCUT2D eigenvalue weighted by Gasteiger charge is -2.49. The zero-order valence-electron chi connectivity index (χ0n) is 24.9. The molecule has 0 bridgehead atoms. The monoisotopic (exact) mass is 604 g/mol. The van der Waals surface area contributed by atoms with Gasteiger partial charge in [-0.3, -0.25) is 4.39 Å². The molecule has 0 aliphatic heterocycles. The second-order valence-electron chi connectivity index (χ2n) is 11.3. The van der Waals surface area contributed by atoms with E-state index in [0.29, 0.717) is 33.5 Å². The number of esters is 1. The van der Waals surface area contributed by atoms with E-state index >= 15 is 0 Å². The molecule has 0 saturated heterocycles. The van der Waals surface area contributed by atoms with Crippen LogP contribution in [0, 0.1) is 11.3 Å². The second kappa shape index (κ2) is 15.1. The number of carbonyl (C=O) groups is 2. The van der Waals surface area contributed by atoms with Gasteiger partial charge in [0.25, 0.3) is 0 Å². The Morgan fingerprint density at radius 1 is 1.00 bits per heavy atom. The van der Waals surface area contributed by atoms with Crippen LogP contribution in [0.5, 0.6) is 5.75 Å². The summed E-state index contributed by atoms with van der Waals surface area (Å²) < 4.78 is 25.6. The fourth-order valence-electron chi connectivity index (χ4n) is 6.40. The van der Waals surface area contributed by atoms with E-state index in [-0.39, 0.29) is 18.0 Å². The van der Waals surface area contributed by atoms with E-state index in [9.17, 15) is 14.0 Å². The van der Waals surface area contributed by atoms with Crippen molar-refractivity contribution in [2.75, 3.05) is 18.1 Å². The van der Waals surface area contributed by atoms with Gasteiger partial charge in [0.05, 0.1) is 34.9 Å². The summed E-state index contributed by atoms with van der Waals surface area (Å²) in [5, 5.41) is 0. The van der Waals surface area contributed by atoms with Gasteiger partial charge in [0, 0.05) is 17.2 Å². The summed E-state index contributed by atoms with van der Waals surface area (Å²) in [6, 6.07) is 19.3. The molecule has 0 heterocycles. The van der Waals surface area contributed by atoms with Gasteiger partial charge in [-0.1, -0.05) is 63.8 Å². The van der Waals surface area contributed by atoms with Crippen LogP contribution >= 0.6 is 12.0 Å².